The van der Waals surface area contributed by atoms with Crippen molar-refractivity contribution in [3.05, 3.63) is 48.0 Å². The van der Waals surface area contributed by atoms with Gasteiger partial charge in [-0.2, -0.15) is 0 Å². The van der Waals surface area contributed by atoms with Crippen molar-refractivity contribution in [2.75, 3.05) is 7.11 Å². The molecule has 4 heteroatoms. The fourth-order valence-electron chi connectivity index (χ4n) is 1.55. The number of methoxy groups -OCH3 is 1. The van der Waals surface area contributed by atoms with Gasteiger partial charge in [-0.1, -0.05) is 18.2 Å². The van der Waals surface area contributed by atoms with Crippen LogP contribution in [0.3, 0.4) is 0 Å². The minimum atomic E-state index is -0.487. The average Bonchev–Trinajstić information content (AvgIpc) is 2.77. The number of esters is 1. The molecule has 1 aromatic heterocycles. The summed E-state index contributed by atoms with van der Waals surface area (Å²) in [5.74, 6) is -0.855. The molecule has 0 aliphatic heterocycles. The van der Waals surface area contributed by atoms with Gasteiger partial charge in [0.25, 0.3) is 0 Å². The molecule has 0 aliphatic rings. The Kier molecular flexibility index (Phi) is 2.72. The lowest BCUT2D eigenvalue weighted by Gasteiger charge is -2.03. The molecule has 2 aromatic rings. The Morgan fingerprint density at radius 2 is 2.00 bits per heavy atom. The van der Waals surface area contributed by atoms with E-state index in [9.17, 15) is 9.18 Å². The first-order valence-corrected chi connectivity index (χ1v) is 4.74. The third kappa shape index (κ3) is 1.69. The first kappa shape index (κ1) is 10.4. The Hall–Kier alpha value is -2.10. The predicted octanol–water partition coefficient (Wildman–Crippen LogP) is 2.61. The molecule has 1 heterocycles. The number of nitrogens with one attached hydrogen (secondary N) is 1. The smallest absolute Gasteiger partial charge is 0.340 e. The molecule has 2 rings (SSSR count). The van der Waals surface area contributed by atoms with Crippen molar-refractivity contribution >= 4 is 5.97 Å². The average molecular weight is 219 g/mol. The summed E-state index contributed by atoms with van der Waals surface area (Å²) < 4.78 is 18.1. The molecule has 0 atom stereocenters. The summed E-state index contributed by atoms with van der Waals surface area (Å²) in [5.41, 5.74) is 1.21. The number of carbonyl (C=O) groups is 1. The number of aromatic nitrogens is 1. The number of H-pyrrole nitrogens is 1. The van der Waals surface area contributed by atoms with Gasteiger partial charge in [0, 0.05) is 23.5 Å². The Morgan fingerprint density at radius 3 is 2.69 bits per heavy atom. The number of carbonyl (C=O) groups excluding carboxylic acids is 1. The van der Waals surface area contributed by atoms with Crippen molar-refractivity contribution in [2.45, 2.75) is 0 Å². The zero-order valence-corrected chi connectivity index (χ0v) is 8.66. The lowest BCUT2D eigenvalue weighted by atomic mass is 10.0. The van der Waals surface area contributed by atoms with Gasteiger partial charge in [-0.3, -0.25) is 0 Å². The summed E-state index contributed by atoms with van der Waals surface area (Å²) in [5, 5.41) is 0. The predicted molar refractivity (Wildman–Crippen MR) is 57.5 cm³/mol. The first-order chi connectivity index (χ1) is 7.74. The van der Waals surface area contributed by atoms with Crippen molar-refractivity contribution < 1.29 is 13.9 Å². The summed E-state index contributed by atoms with van der Waals surface area (Å²) in [6.45, 7) is 0. The molecule has 0 spiro atoms. The van der Waals surface area contributed by atoms with Crippen molar-refractivity contribution in [1.82, 2.24) is 4.98 Å². The number of hydrogen-bond donors (Lipinski definition) is 1. The maximum atomic E-state index is 13.5. The molecule has 0 bridgehead atoms. The highest BCUT2D eigenvalue weighted by Gasteiger charge is 2.16. The third-order valence-electron chi connectivity index (χ3n) is 2.31. The van der Waals surface area contributed by atoms with Crippen LogP contribution in [0.2, 0.25) is 0 Å². The van der Waals surface area contributed by atoms with Gasteiger partial charge in [0.1, 0.15) is 5.82 Å². The van der Waals surface area contributed by atoms with Crippen molar-refractivity contribution in [3.8, 4) is 11.1 Å². The molecule has 1 aromatic carbocycles. The van der Waals surface area contributed by atoms with Crippen molar-refractivity contribution in [1.29, 1.82) is 0 Å². The van der Waals surface area contributed by atoms with Crippen LogP contribution in [-0.2, 0) is 4.74 Å². The third-order valence-corrected chi connectivity index (χ3v) is 2.31. The van der Waals surface area contributed by atoms with E-state index in [4.69, 9.17) is 0 Å². The van der Waals surface area contributed by atoms with E-state index in [1.165, 1.54) is 19.4 Å². The Balaban J connectivity index is 2.53. The normalized spacial score (nSPS) is 10.1. The van der Waals surface area contributed by atoms with Crippen LogP contribution in [-0.4, -0.2) is 18.1 Å². The van der Waals surface area contributed by atoms with Gasteiger partial charge < -0.3 is 9.72 Å². The number of ether oxygens (including phenoxy) is 1. The molecular weight excluding hydrogens is 209 g/mol. The van der Waals surface area contributed by atoms with E-state index in [-0.39, 0.29) is 5.82 Å². The zero-order chi connectivity index (χ0) is 11.5. The number of aromatic amines is 1. The van der Waals surface area contributed by atoms with Crippen LogP contribution in [0, 0.1) is 5.82 Å². The first-order valence-electron chi connectivity index (χ1n) is 4.74. The molecule has 3 nitrogen and oxygen atoms in total. The summed E-state index contributed by atoms with van der Waals surface area (Å²) >= 11 is 0. The monoisotopic (exact) mass is 219 g/mol. The van der Waals surface area contributed by atoms with Crippen LogP contribution in [0.1, 0.15) is 10.4 Å². The van der Waals surface area contributed by atoms with E-state index < -0.39 is 5.97 Å². The molecule has 82 valence electrons. The molecule has 0 radical (unpaired) electrons. The van der Waals surface area contributed by atoms with Gasteiger partial charge in [-0.25, -0.2) is 9.18 Å². The lowest BCUT2D eigenvalue weighted by molar-refractivity contribution is 0.0602. The number of rotatable bonds is 2. The summed E-state index contributed by atoms with van der Waals surface area (Å²) in [6, 6.07) is 6.28. The van der Waals surface area contributed by atoms with Crippen LogP contribution < -0.4 is 0 Å². The maximum Gasteiger partial charge on any atom is 0.340 e. The van der Waals surface area contributed by atoms with Crippen molar-refractivity contribution in [3.63, 3.8) is 0 Å². The molecule has 0 saturated carbocycles. The van der Waals surface area contributed by atoms with E-state index in [1.54, 1.807) is 24.4 Å². The van der Waals surface area contributed by atoms with Gasteiger partial charge in [0.2, 0.25) is 0 Å². The summed E-state index contributed by atoms with van der Waals surface area (Å²) in [6.07, 6.45) is 3.07. The second-order valence-electron chi connectivity index (χ2n) is 3.25. The molecule has 0 amide bonds. The van der Waals surface area contributed by atoms with Crippen LogP contribution >= 0.6 is 0 Å². The fourth-order valence-corrected chi connectivity index (χ4v) is 1.55. The van der Waals surface area contributed by atoms with E-state index in [2.05, 4.69) is 9.72 Å². The van der Waals surface area contributed by atoms with Gasteiger partial charge in [0.05, 0.1) is 12.7 Å². The Morgan fingerprint density at radius 1 is 1.25 bits per heavy atom. The largest absolute Gasteiger partial charge is 0.465 e. The van der Waals surface area contributed by atoms with Crippen LogP contribution in [0.15, 0.2) is 36.7 Å². The highest BCUT2D eigenvalue weighted by molar-refractivity contribution is 5.97. The highest BCUT2D eigenvalue weighted by atomic mass is 19.1. The molecule has 0 saturated heterocycles. The quantitative estimate of drug-likeness (QED) is 0.789. The minimum absolute atomic E-state index is 0.326. The second-order valence-corrected chi connectivity index (χ2v) is 3.25. The summed E-state index contributed by atoms with van der Waals surface area (Å²) in [4.78, 5) is 14.2. The standard InChI is InChI=1S/C12H10FNO2/c1-16-12(15)10-7-14-6-9(10)8-4-2-3-5-11(8)13/h2-7,14H,1H3. The van der Waals surface area contributed by atoms with E-state index in [0.717, 1.165) is 0 Å². The Labute approximate surface area is 91.9 Å². The zero-order valence-electron chi connectivity index (χ0n) is 8.66. The number of benzene rings is 1. The molecule has 16 heavy (non-hydrogen) atoms. The van der Waals surface area contributed by atoms with Gasteiger partial charge >= 0.3 is 5.97 Å². The van der Waals surface area contributed by atoms with Gasteiger partial charge in [0.15, 0.2) is 0 Å². The topological polar surface area (TPSA) is 42.1 Å². The molecule has 0 unspecified atom stereocenters. The minimum Gasteiger partial charge on any atom is -0.465 e. The fraction of sp³-hybridized carbons (Fsp3) is 0.0833. The van der Waals surface area contributed by atoms with Crippen LogP contribution in [0.25, 0.3) is 11.1 Å². The van der Waals surface area contributed by atoms with Gasteiger partial charge in [-0.15, -0.1) is 0 Å². The van der Waals surface area contributed by atoms with E-state index in [0.29, 0.717) is 16.7 Å². The highest BCUT2D eigenvalue weighted by Crippen LogP contribution is 2.26. The number of halogens is 1. The van der Waals surface area contributed by atoms with Crippen LogP contribution in [0.4, 0.5) is 4.39 Å². The van der Waals surface area contributed by atoms with Crippen molar-refractivity contribution in [2.24, 2.45) is 0 Å². The van der Waals surface area contributed by atoms with Gasteiger partial charge in [-0.05, 0) is 6.07 Å². The molecule has 0 aliphatic carbocycles. The molecule has 0 fully saturated rings. The Bertz CT molecular complexity index is 519. The summed E-state index contributed by atoms with van der Waals surface area (Å²) in [7, 11) is 1.29. The molecule has 1 N–H and O–H groups in total. The SMILES string of the molecule is COC(=O)c1c[nH]cc1-c1ccccc1F. The lowest BCUT2D eigenvalue weighted by Crippen LogP contribution is -2.01. The van der Waals surface area contributed by atoms with Crippen LogP contribution in [0.5, 0.6) is 0 Å². The molecular formula is C12H10FNO2. The second kappa shape index (κ2) is 4.18. The van der Waals surface area contributed by atoms with E-state index in [1.807, 2.05) is 0 Å². The number of hydrogen-bond acceptors (Lipinski definition) is 2. The van der Waals surface area contributed by atoms with E-state index >= 15 is 0 Å². The maximum absolute atomic E-state index is 13.5.